The number of nitrogens with one attached hydrogen (secondary N) is 1. The standard InChI is InChI=1S/C34H38ClN3O6/c1-20(39)38-28(32(43)36-18-31(41)42)13-30(40)25-7-3-5-9-27(25)37(19-24-6-2-4-8-26(24)35)33(44)29(38)17-34-14-21-10-22(15-34)12-23(11-21)16-34/h2-9,21-23,28-29H,10-19H2,1H3,(H,36,43)(H,41,42)/t21?,22?,23?,28-,29+,34?/m1/s1. The Morgan fingerprint density at radius 3 is 2.18 bits per heavy atom. The molecule has 2 aromatic rings. The summed E-state index contributed by atoms with van der Waals surface area (Å²) in [6.07, 6.45) is 6.54. The molecule has 3 amide bonds. The number of nitrogens with zero attached hydrogens (tertiary/aromatic N) is 2. The van der Waals surface area contributed by atoms with Gasteiger partial charge in [0.05, 0.1) is 12.2 Å². The van der Waals surface area contributed by atoms with E-state index < -0.39 is 42.2 Å². The van der Waals surface area contributed by atoms with Crippen molar-refractivity contribution in [3.63, 3.8) is 0 Å². The van der Waals surface area contributed by atoms with E-state index in [2.05, 4.69) is 5.32 Å². The summed E-state index contributed by atoms with van der Waals surface area (Å²) in [5.41, 5.74) is 1.18. The Morgan fingerprint density at radius 2 is 1.57 bits per heavy atom. The van der Waals surface area contributed by atoms with Crippen LogP contribution < -0.4 is 10.2 Å². The van der Waals surface area contributed by atoms with E-state index in [0.29, 0.717) is 40.4 Å². The highest BCUT2D eigenvalue weighted by atomic mass is 35.5. The van der Waals surface area contributed by atoms with E-state index in [1.165, 1.54) is 31.1 Å². The van der Waals surface area contributed by atoms with E-state index in [0.717, 1.165) is 19.3 Å². The Labute approximate surface area is 261 Å². The highest BCUT2D eigenvalue weighted by Gasteiger charge is 2.54. The number of rotatable bonds is 7. The van der Waals surface area contributed by atoms with Crippen LogP contribution in [0.3, 0.4) is 0 Å². The van der Waals surface area contributed by atoms with Gasteiger partial charge >= 0.3 is 5.97 Å². The van der Waals surface area contributed by atoms with Crippen LogP contribution in [0.5, 0.6) is 0 Å². The molecule has 2 N–H and O–H groups in total. The second-order valence-electron chi connectivity index (χ2n) is 13.4. The Morgan fingerprint density at radius 1 is 0.955 bits per heavy atom. The molecule has 1 aliphatic heterocycles. The number of amides is 3. The molecule has 0 aromatic heterocycles. The van der Waals surface area contributed by atoms with Gasteiger partial charge in [0.15, 0.2) is 5.78 Å². The number of Topliss-reactive ketones (excluding diaryl/α,β-unsaturated/α-hetero) is 1. The third-order valence-electron chi connectivity index (χ3n) is 10.3. The largest absolute Gasteiger partial charge is 0.480 e. The molecule has 2 aromatic carbocycles. The predicted octanol–water partition coefficient (Wildman–Crippen LogP) is 4.85. The van der Waals surface area contributed by atoms with Crippen molar-refractivity contribution in [2.45, 2.75) is 76.9 Å². The van der Waals surface area contributed by atoms with E-state index in [1.54, 1.807) is 41.3 Å². The fraction of sp³-hybridized carbons (Fsp3) is 0.500. The SMILES string of the molecule is CC(=O)N1[C@@H](C(=O)NCC(=O)O)CC(=O)c2ccccc2N(Cc2ccccc2Cl)C(=O)[C@@H]1CC12CC3CC(CC(C3)C1)C2. The smallest absolute Gasteiger partial charge is 0.322 e. The van der Waals surface area contributed by atoms with Crippen LogP contribution in [-0.4, -0.2) is 58.1 Å². The first-order chi connectivity index (χ1) is 21.0. The second kappa shape index (κ2) is 12.0. The highest BCUT2D eigenvalue weighted by molar-refractivity contribution is 6.31. The molecule has 1 heterocycles. The van der Waals surface area contributed by atoms with Crippen LogP contribution in [0.15, 0.2) is 48.5 Å². The molecule has 0 saturated heterocycles. The molecule has 0 spiro atoms. The number of benzene rings is 2. The monoisotopic (exact) mass is 619 g/mol. The van der Waals surface area contributed by atoms with Crippen LogP contribution in [-0.2, 0) is 25.7 Å². The van der Waals surface area contributed by atoms with Gasteiger partial charge in [-0.25, -0.2) is 0 Å². The van der Waals surface area contributed by atoms with E-state index in [9.17, 15) is 24.3 Å². The number of para-hydroxylation sites is 1. The van der Waals surface area contributed by atoms with Crippen LogP contribution in [0.2, 0.25) is 5.02 Å². The Bertz CT molecular complexity index is 1470. The van der Waals surface area contributed by atoms with Gasteiger partial charge in [0.1, 0.15) is 18.6 Å². The minimum absolute atomic E-state index is 0.0712. The number of carboxylic acids is 1. The summed E-state index contributed by atoms with van der Waals surface area (Å²) in [4.78, 5) is 70.4. The molecule has 2 atom stereocenters. The number of carbonyl (C=O) groups is 5. The summed E-state index contributed by atoms with van der Waals surface area (Å²) < 4.78 is 0. The van der Waals surface area contributed by atoms with E-state index >= 15 is 4.79 Å². The Kier molecular flexibility index (Phi) is 8.26. The van der Waals surface area contributed by atoms with Crippen LogP contribution in [0.25, 0.3) is 0 Å². The highest BCUT2D eigenvalue weighted by Crippen LogP contribution is 2.62. The van der Waals surface area contributed by atoms with Crippen LogP contribution in [0.4, 0.5) is 5.69 Å². The number of hydrogen-bond acceptors (Lipinski definition) is 5. The number of aliphatic carboxylic acids is 1. The molecule has 0 radical (unpaired) electrons. The quantitative estimate of drug-likeness (QED) is 0.457. The van der Waals surface area contributed by atoms with Crippen LogP contribution in [0, 0.1) is 23.2 Å². The number of hydrogen-bond donors (Lipinski definition) is 2. The number of ketones is 1. The first kappa shape index (κ1) is 30.3. The fourth-order valence-electron chi connectivity index (χ4n) is 9.00. The van der Waals surface area contributed by atoms with Gasteiger partial charge in [-0.3, -0.25) is 24.0 Å². The predicted molar refractivity (Wildman–Crippen MR) is 164 cm³/mol. The third-order valence-corrected chi connectivity index (χ3v) is 10.6. The van der Waals surface area contributed by atoms with Crippen molar-refractivity contribution < 1.29 is 29.1 Å². The lowest BCUT2D eigenvalue weighted by Gasteiger charge is -2.58. The Hall–Kier alpha value is -3.72. The second-order valence-corrected chi connectivity index (χ2v) is 13.8. The van der Waals surface area contributed by atoms with Crippen molar-refractivity contribution in [3.8, 4) is 0 Å². The third kappa shape index (κ3) is 5.86. The molecular formula is C34H38ClN3O6. The van der Waals surface area contributed by atoms with Gasteiger partial charge in [0.25, 0.3) is 0 Å². The van der Waals surface area contributed by atoms with Crippen molar-refractivity contribution in [1.29, 1.82) is 0 Å². The lowest BCUT2D eigenvalue weighted by atomic mass is 9.48. The summed E-state index contributed by atoms with van der Waals surface area (Å²) >= 11 is 6.57. The molecular weight excluding hydrogens is 582 g/mol. The Balaban J connectivity index is 1.49. The summed E-state index contributed by atoms with van der Waals surface area (Å²) in [5.74, 6) is -1.56. The normalized spacial score (nSPS) is 29.5. The molecule has 232 valence electrons. The molecule has 4 bridgehead atoms. The van der Waals surface area contributed by atoms with E-state index in [4.69, 9.17) is 11.6 Å². The molecule has 5 aliphatic rings. The summed E-state index contributed by atoms with van der Waals surface area (Å²) in [7, 11) is 0. The molecule has 4 fully saturated rings. The van der Waals surface area contributed by atoms with Crippen molar-refractivity contribution in [2.75, 3.05) is 11.4 Å². The number of fused-ring (bicyclic) bond motifs is 1. The maximum absolute atomic E-state index is 15.1. The van der Waals surface area contributed by atoms with Crippen molar-refractivity contribution in [3.05, 3.63) is 64.7 Å². The van der Waals surface area contributed by atoms with E-state index in [1.807, 2.05) is 12.1 Å². The van der Waals surface area contributed by atoms with Crippen molar-refractivity contribution in [2.24, 2.45) is 23.2 Å². The number of halogens is 1. The van der Waals surface area contributed by atoms with Gasteiger partial charge in [-0.05, 0) is 91.9 Å². The van der Waals surface area contributed by atoms with Crippen molar-refractivity contribution >= 4 is 46.8 Å². The van der Waals surface area contributed by atoms with Crippen LogP contribution >= 0.6 is 11.6 Å². The first-order valence-electron chi connectivity index (χ1n) is 15.5. The van der Waals surface area contributed by atoms with Crippen molar-refractivity contribution in [1.82, 2.24) is 10.2 Å². The topological polar surface area (TPSA) is 124 Å². The summed E-state index contributed by atoms with van der Waals surface area (Å²) in [6, 6.07) is 11.6. The zero-order valence-electron chi connectivity index (χ0n) is 24.8. The maximum atomic E-state index is 15.1. The van der Waals surface area contributed by atoms with Gasteiger partial charge in [-0.2, -0.15) is 0 Å². The lowest BCUT2D eigenvalue weighted by Crippen LogP contribution is -2.60. The number of carbonyl (C=O) groups excluding carboxylic acids is 4. The molecule has 9 nitrogen and oxygen atoms in total. The fourth-order valence-corrected chi connectivity index (χ4v) is 9.19. The van der Waals surface area contributed by atoms with Gasteiger partial charge in [0.2, 0.25) is 17.7 Å². The molecule has 7 rings (SSSR count). The molecule has 10 heteroatoms. The molecule has 44 heavy (non-hydrogen) atoms. The van der Waals surface area contributed by atoms with Gasteiger partial charge in [-0.15, -0.1) is 0 Å². The summed E-state index contributed by atoms with van der Waals surface area (Å²) in [6.45, 7) is 0.714. The average Bonchev–Trinajstić information content (AvgIpc) is 3.00. The summed E-state index contributed by atoms with van der Waals surface area (Å²) in [5, 5.41) is 12.1. The first-order valence-corrected chi connectivity index (χ1v) is 15.9. The molecule has 4 saturated carbocycles. The zero-order valence-corrected chi connectivity index (χ0v) is 25.6. The van der Waals surface area contributed by atoms with E-state index in [-0.39, 0.29) is 29.9 Å². The van der Waals surface area contributed by atoms with Gasteiger partial charge in [0, 0.05) is 23.9 Å². The average molecular weight is 620 g/mol. The number of carboxylic acid groups (broad SMARTS) is 1. The maximum Gasteiger partial charge on any atom is 0.322 e. The lowest BCUT2D eigenvalue weighted by molar-refractivity contribution is -0.150. The van der Waals surface area contributed by atoms with Gasteiger partial charge < -0.3 is 20.2 Å². The zero-order chi connectivity index (χ0) is 31.2. The number of anilines is 1. The van der Waals surface area contributed by atoms with Gasteiger partial charge in [-0.1, -0.05) is 41.9 Å². The van der Waals surface area contributed by atoms with Crippen LogP contribution in [0.1, 0.15) is 74.2 Å². The minimum Gasteiger partial charge on any atom is -0.480 e. The molecule has 4 aliphatic carbocycles. The minimum atomic E-state index is -1.35. The molecule has 0 unspecified atom stereocenters.